The van der Waals surface area contributed by atoms with E-state index in [-0.39, 0.29) is 11.7 Å². The van der Waals surface area contributed by atoms with Crippen LogP contribution in [0.5, 0.6) is 0 Å². The maximum absolute atomic E-state index is 10.2. The van der Waals surface area contributed by atoms with Crippen molar-refractivity contribution in [3.8, 4) is 0 Å². The number of ether oxygens (including phenoxy) is 1. The fourth-order valence-corrected chi connectivity index (χ4v) is 3.22. The van der Waals surface area contributed by atoms with E-state index in [4.69, 9.17) is 4.74 Å². The van der Waals surface area contributed by atoms with E-state index < -0.39 is 0 Å². The van der Waals surface area contributed by atoms with Gasteiger partial charge in [0.05, 0.1) is 18.2 Å². The molecule has 0 unspecified atom stereocenters. The van der Waals surface area contributed by atoms with Gasteiger partial charge in [-0.05, 0) is 31.7 Å². The molecule has 5 heteroatoms. The monoisotopic (exact) mass is 265 g/mol. The smallest absolute Gasteiger partial charge is 0.0964 e. The van der Waals surface area contributed by atoms with Crippen molar-refractivity contribution in [2.45, 2.75) is 43.9 Å². The van der Waals surface area contributed by atoms with Gasteiger partial charge in [0.1, 0.15) is 0 Å². The molecule has 106 valence electrons. The van der Waals surface area contributed by atoms with Crippen molar-refractivity contribution < 1.29 is 9.84 Å². The largest absolute Gasteiger partial charge is 0.390 e. The Bertz CT molecular complexity index is 385. The van der Waals surface area contributed by atoms with Crippen LogP contribution in [-0.4, -0.2) is 57.7 Å². The molecule has 1 spiro atoms. The van der Waals surface area contributed by atoms with Gasteiger partial charge >= 0.3 is 0 Å². The van der Waals surface area contributed by atoms with Gasteiger partial charge in [0.15, 0.2) is 0 Å². The van der Waals surface area contributed by atoms with Crippen molar-refractivity contribution in [3.05, 3.63) is 18.5 Å². The molecule has 2 saturated heterocycles. The quantitative estimate of drug-likeness (QED) is 0.882. The second-order valence-electron chi connectivity index (χ2n) is 5.68. The number of aliphatic hydroxyl groups is 1. The fraction of sp³-hybridized carbons (Fsp3) is 0.786. The lowest BCUT2D eigenvalue weighted by molar-refractivity contribution is -0.176. The topological polar surface area (TPSA) is 50.5 Å². The fourth-order valence-electron chi connectivity index (χ4n) is 3.22. The van der Waals surface area contributed by atoms with Crippen LogP contribution in [0.3, 0.4) is 0 Å². The van der Waals surface area contributed by atoms with Gasteiger partial charge in [-0.2, -0.15) is 5.10 Å². The van der Waals surface area contributed by atoms with Crippen LogP contribution in [0.2, 0.25) is 0 Å². The highest BCUT2D eigenvalue weighted by Crippen LogP contribution is 2.35. The first kappa shape index (κ1) is 13.1. The summed E-state index contributed by atoms with van der Waals surface area (Å²) in [6.45, 7) is 4.79. The predicted molar refractivity (Wildman–Crippen MR) is 71.8 cm³/mol. The second kappa shape index (κ2) is 5.61. The maximum Gasteiger partial charge on any atom is 0.0964 e. The second-order valence-corrected chi connectivity index (χ2v) is 5.68. The van der Waals surface area contributed by atoms with Gasteiger partial charge in [-0.3, -0.25) is 4.68 Å². The van der Waals surface area contributed by atoms with Crippen molar-refractivity contribution >= 4 is 0 Å². The summed E-state index contributed by atoms with van der Waals surface area (Å²) in [5.74, 6) is 0. The van der Waals surface area contributed by atoms with E-state index in [1.54, 1.807) is 0 Å². The van der Waals surface area contributed by atoms with Gasteiger partial charge < -0.3 is 14.7 Å². The Hall–Kier alpha value is -0.910. The first-order chi connectivity index (χ1) is 9.28. The molecule has 1 N–H and O–H groups in total. The Labute approximate surface area is 114 Å². The molecule has 2 aliphatic rings. The summed E-state index contributed by atoms with van der Waals surface area (Å²) in [6.07, 6.45) is 7.34. The summed E-state index contributed by atoms with van der Waals surface area (Å²) in [4.78, 5) is 2.44. The molecular weight excluding hydrogens is 242 g/mol. The Balaban J connectivity index is 1.49. The van der Waals surface area contributed by atoms with Crippen LogP contribution in [0.1, 0.15) is 25.7 Å². The lowest BCUT2D eigenvalue weighted by Gasteiger charge is -2.46. The number of hydrogen-bond acceptors (Lipinski definition) is 4. The molecule has 5 nitrogen and oxygen atoms in total. The van der Waals surface area contributed by atoms with E-state index in [1.165, 1.54) is 0 Å². The average Bonchev–Trinajstić information content (AvgIpc) is 2.95. The zero-order chi connectivity index (χ0) is 13.1. The molecule has 0 amide bonds. The molecule has 0 saturated carbocycles. The standard InChI is InChI=1S/C14H23N3O2/c18-13-3-1-12-19-14(13)4-8-16(9-5-14)10-11-17-7-2-6-15-17/h2,6-7,13,18H,1,3-5,8-12H2/t13-/m0/s1. The Morgan fingerprint density at radius 3 is 2.84 bits per heavy atom. The number of nitrogens with zero attached hydrogens (tertiary/aromatic N) is 3. The highest BCUT2D eigenvalue weighted by atomic mass is 16.5. The van der Waals surface area contributed by atoms with Crippen LogP contribution in [0, 0.1) is 0 Å². The molecule has 0 bridgehead atoms. The summed E-state index contributed by atoms with van der Waals surface area (Å²) in [5.41, 5.74) is -0.250. The summed E-state index contributed by atoms with van der Waals surface area (Å²) in [7, 11) is 0. The summed E-state index contributed by atoms with van der Waals surface area (Å²) in [5, 5.41) is 14.4. The normalized spacial score (nSPS) is 27.7. The molecule has 0 aromatic carbocycles. The summed E-state index contributed by atoms with van der Waals surface area (Å²) in [6, 6.07) is 1.96. The van der Waals surface area contributed by atoms with Gasteiger partial charge in [-0.1, -0.05) is 0 Å². The lowest BCUT2D eigenvalue weighted by atomic mass is 9.82. The third-order valence-electron chi connectivity index (χ3n) is 4.53. The first-order valence-corrected chi connectivity index (χ1v) is 7.30. The molecule has 0 aliphatic carbocycles. The van der Waals surface area contributed by atoms with Gasteiger partial charge in [0, 0.05) is 38.6 Å². The predicted octanol–water partition coefficient (Wildman–Crippen LogP) is 0.889. The van der Waals surface area contributed by atoms with Gasteiger partial charge in [0.2, 0.25) is 0 Å². The van der Waals surface area contributed by atoms with Crippen LogP contribution in [-0.2, 0) is 11.3 Å². The average molecular weight is 265 g/mol. The van der Waals surface area contributed by atoms with Gasteiger partial charge in [-0.25, -0.2) is 0 Å². The maximum atomic E-state index is 10.2. The van der Waals surface area contributed by atoms with Crippen molar-refractivity contribution in [1.82, 2.24) is 14.7 Å². The number of hydrogen-bond donors (Lipinski definition) is 1. The molecule has 3 heterocycles. The molecule has 1 atom stereocenters. The van der Waals surface area contributed by atoms with E-state index in [0.717, 1.165) is 58.5 Å². The highest BCUT2D eigenvalue weighted by molar-refractivity contribution is 4.95. The zero-order valence-electron chi connectivity index (χ0n) is 11.4. The molecule has 1 aromatic rings. The summed E-state index contributed by atoms with van der Waals surface area (Å²) < 4.78 is 7.89. The van der Waals surface area contributed by atoms with Crippen molar-refractivity contribution in [3.63, 3.8) is 0 Å². The molecular formula is C14H23N3O2. The highest BCUT2D eigenvalue weighted by Gasteiger charge is 2.43. The van der Waals surface area contributed by atoms with E-state index in [0.29, 0.717) is 0 Å². The molecule has 0 radical (unpaired) electrons. The molecule has 3 rings (SSSR count). The zero-order valence-corrected chi connectivity index (χ0v) is 11.4. The first-order valence-electron chi connectivity index (χ1n) is 7.30. The van der Waals surface area contributed by atoms with Gasteiger partial charge in [-0.15, -0.1) is 0 Å². The molecule has 2 fully saturated rings. The van der Waals surface area contributed by atoms with Crippen LogP contribution < -0.4 is 0 Å². The van der Waals surface area contributed by atoms with Crippen LogP contribution in [0.15, 0.2) is 18.5 Å². The minimum atomic E-state index is -0.269. The molecule has 2 aliphatic heterocycles. The van der Waals surface area contributed by atoms with Crippen molar-refractivity contribution in [2.75, 3.05) is 26.2 Å². The third-order valence-corrected chi connectivity index (χ3v) is 4.53. The van der Waals surface area contributed by atoms with E-state index >= 15 is 0 Å². The Kier molecular flexibility index (Phi) is 3.86. The van der Waals surface area contributed by atoms with Crippen LogP contribution in [0.4, 0.5) is 0 Å². The van der Waals surface area contributed by atoms with Crippen molar-refractivity contribution in [1.29, 1.82) is 0 Å². The number of piperidine rings is 1. The van der Waals surface area contributed by atoms with Crippen LogP contribution >= 0.6 is 0 Å². The van der Waals surface area contributed by atoms with E-state index in [1.807, 2.05) is 23.1 Å². The van der Waals surface area contributed by atoms with Crippen molar-refractivity contribution in [2.24, 2.45) is 0 Å². The Morgan fingerprint density at radius 1 is 1.32 bits per heavy atom. The minimum Gasteiger partial charge on any atom is -0.390 e. The number of likely N-dealkylation sites (tertiary alicyclic amines) is 1. The molecule has 1 aromatic heterocycles. The summed E-state index contributed by atoms with van der Waals surface area (Å²) >= 11 is 0. The van der Waals surface area contributed by atoms with E-state index in [9.17, 15) is 5.11 Å². The number of aromatic nitrogens is 2. The SMILES string of the molecule is O[C@H]1CCCOC12CCN(CCn1cccn1)CC2. The minimum absolute atomic E-state index is 0.250. The third kappa shape index (κ3) is 2.83. The van der Waals surface area contributed by atoms with Crippen LogP contribution in [0.25, 0.3) is 0 Å². The lowest BCUT2D eigenvalue weighted by Crippen LogP contribution is -2.55. The molecule has 19 heavy (non-hydrogen) atoms. The number of aliphatic hydroxyl groups excluding tert-OH is 1. The van der Waals surface area contributed by atoms with E-state index in [2.05, 4.69) is 10.00 Å². The Morgan fingerprint density at radius 2 is 2.16 bits per heavy atom. The van der Waals surface area contributed by atoms with Gasteiger partial charge in [0.25, 0.3) is 0 Å². The number of rotatable bonds is 3.